The molecule has 1 aliphatic rings. The Labute approximate surface area is 125 Å². The van der Waals surface area contributed by atoms with Gasteiger partial charge in [0.15, 0.2) is 5.11 Å². The van der Waals surface area contributed by atoms with Crippen LogP contribution in [-0.2, 0) is 4.79 Å². The van der Waals surface area contributed by atoms with E-state index in [1.165, 1.54) is 5.56 Å². The van der Waals surface area contributed by atoms with E-state index in [2.05, 4.69) is 23.5 Å². The molecular formula is C15H21N3OS. The van der Waals surface area contributed by atoms with E-state index in [1.54, 1.807) is 0 Å². The zero-order valence-electron chi connectivity index (χ0n) is 12.0. The Kier molecular flexibility index (Phi) is 4.60. The van der Waals surface area contributed by atoms with Crippen molar-refractivity contribution in [3.8, 4) is 0 Å². The number of nitrogens with zero attached hydrogens (tertiary/aromatic N) is 1. The lowest BCUT2D eigenvalue weighted by molar-refractivity contribution is -0.122. The first-order chi connectivity index (χ1) is 9.49. The van der Waals surface area contributed by atoms with E-state index < -0.39 is 0 Å². The summed E-state index contributed by atoms with van der Waals surface area (Å²) < 4.78 is 0. The minimum atomic E-state index is -0.296. The predicted octanol–water partition coefficient (Wildman–Crippen LogP) is 2.34. The lowest BCUT2D eigenvalue weighted by atomic mass is 10.0. The number of carbonyl (C=O) groups is 1. The number of amides is 1. The molecule has 0 saturated carbocycles. The molecule has 0 bridgehead atoms. The molecule has 1 fully saturated rings. The zero-order valence-corrected chi connectivity index (χ0v) is 12.8. The van der Waals surface area contributed by atoms with Gasteiger partial charge in [0.2, 0.25) is 5.91 Å². The summed E-state index contributed by atoms with van der Waals surface area (Å²) in [7, 11) is 0. The summed E-state index contributed by atoms with van der Waals surface area (Å²) in [5.41, 5.74) is 8.77. The van der Waals surface area contributed by atoms with Crippen molar-refractivity contribution in [2.24, 2.45) is 5.73 Å². The Hall–Kier alpha value is -1.62. The van der Waals surface area contributed by atoms with E-state index in [1.807, 2.05) is 18.7 Å². The van der Waals surface area contributed by atoms with E-state index in [-0.39, 0.29) is 11.9 Å². The van der Waals surface area contributed by atoms with Gasteiger partial charge in [0.1, 0.15) is 6.04 Å². The summed E-state index contributed by atoms with van der Waals surface area (Å²) in [6, 6.07) is 5.90. The number of anilines is 1. The normalized spacial score (nSPS) is 18.7. The summed E-state index contributed by atoms with van der Waals surface area (Å²) >= 11 is 5.46. The summed E-state index contributed by atoms with van der Waals surface area (Å²) in [5.74, 6) is -0.296. The molecule has 1 aromatic rings. The van der Waals surface area contributed by atoms with Crippen molar-refractivity contribution in [2.75, 3.05) is 11.9 Å². The van der Waals surface area contributed by atoms with Gasteiger partial charge in [-0.1, -0.05) is 12.1 Å². The molecule has 1 unspecified atom stereocenters. The number of piperidine rings is 1. The summed E-state index contributed by atoms with van der Waals surface area (Å²) in [6.45, 7) is 4.86. The predicted molar refractivity (Wildman–Crippen MR) is 85.7 cm³/mol. The molecule has 0 radical (unpaired) electrons. The van der Waals surface area contributed by atoms with Crippen LogP contribution in [0.2, 0.25) is 0 Å². The molecule has 0 spiro atoms. The van der Waals surface area contributed by atoms with Crippen molar-refractivity contribution in [2.45, 2.75) is 39.2 Å². The fourth-order valence-electron chi connectivity index (χ4n) is 2.53. The Morgan fingerprint density at radius 1 is 1.40 bits per heavy atom. The van der Waals surface area contributed by atoms with E-state index in [0.717, 1.165) is 37.1 Å². The van der Waals surface area contributed by atoms with Crippen LogP contribution in [0.4, 0.5) is 5.69 Å². The van der Waals surface area contributed by atoms with Crippen molar-refractivity contribution in [3.05, 3.63) is 29.3 Å². The fourth-order valence-corrected chi connectivity index (χ4v) is 2.86. The smallest absolute Gasteiger partial charge is 0.240 e. The van der Waals surface area contributed by atoms with Crippen molar-refractivity contribution in [3.63, 3.8) is 0 Å². The van der Waals surface area contributed by atoms with E-state index in [9.17, 15) is 4.79 Å². The average Bonchev–Trinajstić information content (AvgIpc) is 2.42. The largest absolute Gasteiger partial charge is 0.368 e. The van der Waals surface area contributed by atoms with Crippen molar-refractivity contribution >= 4 is 28.9 Å². The van der Waals surface area contributed by atoms with Gasteiger partial charge >= 0.3 is 0 Å². The molecule has 3 N–H and O–H groups in total. The molecule has 1 aliphatic heterocycles. The molecule has 1 amide bonds. The SMILES string of the molecule is Cc1ccc(C)c(NC(=S)N2CCCCC2C(N)=O)c1. The van der Waals surface area contributed by atoms with Crippen LogP contribution in [0.5, 0.6) is 0 Å². The second-order valence-corrected chi connectivity index (χ2v) is 5.74. The van der Waals surface area contributed by atoms with Gasteiger partial charge in [0.25, 0.3) is 0 Å². The number of benzene rings is 1. The third-order valence-corrected chi connectivity index (χ3v) is 4.06. The van der Waals surface area contributed by atoms with Gasteiger partial charge in [-0.25, -0.2) is 0 Å². The van der Waals surface area contributed by atoms with Gasteiger partial charge < -0.3 is 16.0 Å². The van der Waals surface area contributed by atoms with Crippen LogP contribution in [0.1, 0.15) is 30.4 Å². The molecular weight excluding hydrogens is 270 g/mol. The monoisotopic (exact) mass is 291 g/mol. The molecule has 0 aromatic heterocycles. The Bertz CT molecular complexity index is 530. The van der Waals surface area contributed by atoms with Gasteiger partial charge in [0.05, 0.1) is 0 Å². The van der Waals surface area contributed by atoms with E-state index in [4.69, 9.17) is 18.0 Å². The molecule has 108 valence electrons. The average molecular weight is 291 g/mol. The number of carbonyl (C=O) groups excluding carboxylic acids is 1. The molecule has 4 nitrogen and oxygen atoms in total. The number of hydrogen-bond acceptors (Lipinski definition) is 2. The molecule has 20 heavy (non-hydrogen) atoms. The quantitative estimate of drug-likeness (QED) is 0.821. The minimum absolute atomic E-state index is 0.283. The van der Waals surface area contributed by atoms with Gasteiger partial charge in [-0.3, -0.25) is 4.79 Å². The van der Waals surface area contributed by atoms with Crippen molar-refractivity contribution in [1.82, 2.24) is 4.90 Å². The molecule has 2 rings (SSSR count). The van der Waals surface area contributed by atoms with Crippen LogP contribution in [0.15, 0.2) is 18.2 Å². The van der Waals surface area contributed by atoms with Crippen molar-refractivity contribution < 1.29 is 4.79 Å². The molecule has 1 atom stereocenters. The highest BCUT2D eigenvalue weighted by atomic mass is 32.1. The third-order valence-electron chi connectivity index (χ3n) is 3.73. The van der Waals surface area contributed by atoms with Crippen LogP contribution in [0.25, 0.3) is 0 Å². The number of hydrogen-bond donors (Lipinski definition) is 2. The summed E-state index contributed by atoms with van der Waals surface area (Å²) in [4.78, 5) is 13.5. The standard InChI is InChI=1S/C15H21N3OS/c1-10-6-7-11(2)12(9-10)17-15(20)18-8-4-3-5-13(18)14(16)19/h6-7,9,13H,3-5,8H2,1-2H3,(H2,16,19)(H,17,20). The second-order valence-electron chi connectivity index (χ2n) is 5.36. The fraction of sp³-hybridized carbons (Fsp3) is 0.467. The maximum absolute atomic E-state index is 11.5. The topological polar surface area (TPSA) is 58.4 Å². The number of likely N-dealkylation sites (tertiary alicyclic amines) is 1. The number of primary amides is 1. The highest BCUT2D eigenvalue weighted by Gasteiger charge is 2.28. The maximum atomic E-state index is 11.5. The van der Waals surface area contributed by atoms with Crippen LogP contribution < -0.4 is 11.1 Å². The molecule has 5 heteroatoms. The van der Waals surface area contributed by atoms with Gasteiger partial charge in [-0.2, -0.15) is 0 Å². The number of nitrogens with one attached hydrogen (secondary N) is 1. The first-order valence-corrected chi connectivity index (χ1v) is 7.34. The molecule has 1 saturated heterocycles. The Morgan fingerprint density at radius 3 is 2.85 bits per heavy atom. The molecule has 1 heterocycles. The maximum Gasteiger partial charge on any atom is 0.240 e. The van der Waals surface area contributed by atoms with Crippen LogP contribution in [0, 0.1) is 13.8 Å². The Balaban J connectivity index is 2.14. The zero-order chi connectivity index (χ0) is 14.7. The van der Waals surface area contributed by atoms with Crippen LogP contribution in [-0.4, -0.2) is 28.5 Å². The number of rotatable bonds is 2. The van der Waals surface area contributed by atoms with Crippen LogP contribution >= 0.6 is 12.2 Å². The van der Waals surface area contributed by atoms with E-state index >= 15 is 0 Å². The lowest BCUT2D eigenvalue weighted by Gasteiger charge is -2.35. The first-order valence-electron chi connectivity index (χ1n) is 6.93. The lowest BCUT2D eigenvalue weighted by Crippen LogP contribution is -2.51. The highest BCUT2D eigenvalue weighted by molar-refractivity contribution is 7.80. The number of nitrogens with two attached hydrogens (primary N) is 1. The second kappa shape index (κ2) is 6.22. The summed E-state index contributed by atoms with van der Waals surface area (Å²) in [5, 5.41) is 3.84. The minimum Gasteiger partial charge on any atom is -0.368 e. The van der Waals surface area contributed by atoms with Gasteiger partial charge in [0, 0.05) is 12.2 Å². The first kappa shape index (κ1) is 14.8. The van der Waals surface area contributed by atoms with Crippen molar-refractivity contribution in [1.29, 1.82) is 0 Å². The van der Waals surface area contributed by atoms with Gasteiger partial charge in [-0.05, 0) is 62.5 Å². The summed E-state index contributed by atoms with van der Waals surface area (Å²) in [6.07, 6.45) is 2.85. The van der Waals surface area contributed by atoms with Gasteiger partial charge in [-0.15, -0.1) is 0 Å². The molecule has 0 aliphatic carbocycles. The Morgan fingerprint density at radius 2 is 2.15 bits per heavy atom. The van der Waals surface area contributed by atoms with Crippen LogP contribution in [0.3, 0.4) is 0 Å². The van der Waals surface area contributed by atoms with E-state index in [0.29, 0.717) is 5.11 Å². The molecule has 1 aromatic carbocycles. The highest BCUT2D eigenvalue weighted by Crippen LogP contribution is 2.21. The number of thiocarbonyl (C=S) groups is 1. The third kappa shape index (κ3) is 3.28. The number of aryl methyl sites for hydroxylation is 2.